The van der Waals surface area contributed by atoms with E-state index in [2.05, 4.69) is 17.2 Å². The summed E-state index contributed by atoms with van der Waals surface area (Å²) >= 11 is 0. The van der Waals surface area contributed by atoms with Crippen molar-refractivity contribution in [3.8, 4) is 0 Å². The van der Waals surface area contributed by atoms with Gasteiger partial charge in [-0.3, -0.25) is 20.1 Å². The van der Waals surface area contributed by atoms with Crippen molar-refractivity contribution >= 4 is 33.8 Å². The number of aliphatic hydroxyl groups is 4. The van der Waals surface area contributed by atoms with Crippen LogP contribution in [0.3, 0.4) is 0 Å². The molecule has 17 heteroatoms. The maximum Gasteiger partial charge on any atom is 0.408 e. The molecule has 6 atom stereocenters. The molecule has 1 aliphatic heterocycles. The van der Waals surface area contributed by atoms with Crippen LogP contribution >= 0.6 is 0 Å². The van der Waals surface area contributed by atoms with Crippen molar-refractivity contribution in [1.29, 1.82) is 0 Å². The molecule has 44 heavy (non-hydrogen) atoms. The van der Waals surface area contributed by atoms with Gasteiger partial charge in [0.05, 0.1) is 0 Å². The first-order valence-corrected chi connectivity index (χ1v) is 16.1. The molecule has 0 aromatic rings. The topological polar surface area (TPSA) is 258 Å². The Morgan fingerprint density at radius 1 is 1.14 bits per heavy atom. The standard InChI is InChI=1S/C27H45N5O11S/c1-6-8-9-10-12-17(29-22(36)43-23(3,4)5)20(34)32-14-11-13-18(32)19(33)30-24(15-16(24)7-2)21(35)31-44(41,42)27(40)25(28,37)26(27,38)39/h7,16-18,37-40H,2,6,8-15,28H2,1,3-5H3,(H,29,36)(H,30,33)(H,31,35). The lowest BCUT2D eigenvalue weighted by molar-refractivity contribution is -0.141. The highest BCUT2D eigenvalue weighted by Gasteiger charge is 2.95. The zero-order chi connectivity index (χ0) is 33.5. The van der Waals surface area contributed by atoms with Crippen molar-refractivity contribution in [2.75, 3.05) is 6.54 Å². The third-order valence-electron chi connectivity index (χ3n) is 8.30. The van der Waals surface area contributed by atoms with Crippen LogP contribution in [0.4, 0.5) is 4.79 Å². The van der Waals surface area contributed by atoms with E-state index in [1.807, 2.05) is 6.92 Å². The highest BCUT2D eigenvalue weighted by Crippen LogP contribution is 2.56. The van der Waals surface area contributed by atoms with E-state index in [1.165, 1.54) is 15.7 Å². The van der Waals surface area contributed by atoms with Gasteiger partial charge in [-0.15, -0.1) is 6.58 Å². The van der Waals surface area contributed by atoms with Crippen molar-refractivity contribution in [3.05, 3.63) is 12.7 Å². The first kappa shape index (κ1) is 35.6. The molecule has 1 heterocycles. The number of carbonyl (C=O) groups excluding carboxylic acids is 4. The van der Waals surface area contributed by atoms with Gasteiger partial charge in [0.1, 0.15) is 23.2 Å². The summed E-state index contributed by atoms with van der Waals surface area (Å²) < 4.78 is 32.2. The summed E-state index contributed by atoms with van der Waals surface area (Å²) in [5.41, 5.74) is -0.971. The van der Waals surface area contributed by atoms with E-state index in [0.717, 1.165) is 19.3 Å². The number of hydrogen-bond donors (Lipinski definition) is 8. The molecule has 4 amide bonds. The van der Waals surface area contributed by atoms with Gasteiger partial charge in [-0.05, 0) is 46.5 Å². The normalized spacial score (nSPS) is 31.4. The monoisotopic (exact) mass is 647 g/mol. The Morgan fingerprint density at radius 2 is 1.75 bits per heavy atom. The molecule has 1 saturated heterocycles. The lowest BCUT2D eigenvalue weighted by Gasteiger charge is -2.30. The van der Waals surface area contributed by atoms with Crippen LogP contribution in [0.1, 0.15) is 79.1 Å². The van der Waals surface area contributed by atoms with Crippen LogP contribution in [0, 0.1) is 5.92 Å². The van der Waals surface area contributed by atoms with Crippen molar-refractivity contribution in [2.45, 2.75) is 119 Å². The third kappa shape index (κ3) is 6.30. The fourth-order valence-corrected chi connectivity index (χ4v) is 7.10. The molecule has 0 aromatic carbocycles. The number of amides is 4. The van der Waals surface area contributed by atoms with Crippen molar-refractivity contribution in [1.82, 2.24) is 20.3 Å². The van der Waals surface area contributed by atoms with Gasteiger partial charge >= 0.3 is 6.09 Å². The van der Waals surface area contributed by atoms with Crippen LogP contribution in [0.2, 0.25) is 0 Å². The summed E-state index contributed by atoms with van der Waals surface area (Å²) in [7, 11) is -5.43. The molecule has 3 aliphatic rings. The molecule has 6 unspecified atom stereocenters. The number of alkyl carbamates (subject to hydrolysis) is 1. The van der Waals surface area contributed by atoms with E-state index in [4.69, 9.17) is 10.5 Å². The van der Waals surface area contributed by atoms with Crippen LogP contribution in [0.15, 0.2) is 12.7 Å². The summed E-state index contributed by atoms with van der Waals surface area (Å²) in [6.07, 6.45) is 4.74. The number of rotatable bonds is 13. The number of nitrogens with zero attached hydrogens (tertiary/aromatic N) is 1. The summed E-state index contributed by atoms with van der Waals surface area (Å²) in [6, 6.07) is -2.04. The van der Waals surface area contributed by atoms with Gasteiger partial charge in [-0.1, -0.05) is 38.7 Å². The summed E-state index contributed by atoms with van der Waals surface area (Å²) in [6.45, 7) is 10.9. The minimum atomic E-state index is -5.43. The maximum absolute atomic E-state index is 13.7. The van der Waals surface area contributed by atoms with Crippen molar-refractivity contribution in [3.63, 3.8) is 0 Å². The number of sulfonamides is 1. The van der Waals surface area contributed by atoms with Gasteiger partial charge < -0.3 is 40.7 Å². The van der Waals surface area contributed by atoms with E-state index in [-0.39, 0.29) is 19.4 Å². The number of ether oxygens (including phenoxy) is 1. The molecule has 0 radical (unpaired) electrons. The van der Waals surface area contributed by atoms with Crippen LogP contribution in [-0.4, -0.2) is 104 Å². The maximum atomic E-state index is 13.7. The quantitative estimate of drug-likeness (QED) is 0.0637. The predicted molar refractivity (Wildman–Crippen MR) is 154 cm³/mol. The molecule has 0 bridgehead atoms. The average molecular weight is 648 g/mol. The molecule has 0 spiro atoms. The highest BCUT2D eigenvalue weighted by atomic mass is 32.2. The molecule has 3 rings (SSSR count). The number of nitrogens with one attached hydrogen (secondary N) is 3. The van der Waals surface area contributed by atoms with Crippen LogP contribution < -0.4 is 21.1 Å². The first-order valence-electron chi connectivity index (χ1n) is 14.6. The first-order chi connectivity index (χ1) is 20.1. The zero-order valence-corrected chi connectivity index (χ0v) is 26.3. The van der Waals surface area contributed by atoms with Crippen LogP contribution in [-0.2, 0) is 29.1 Å². The average Bonchev–Trinajstić information content (AvgIpc) is 3.52. The smallest absolute Gasteiger partial charge is 0.408 e. The number of hydrogen-bond acceptors (Lipinski definition) is 12. The summed E-state index contributed by atoms with van der Waals surface area (Å²) in [5.74, 6) is -7.07. The second-order valence-corrected chi connectivity index (χ2v) is 14.6. The van der Waals surface area contributed by atoms with Gasteiger partial charge in [0.2, 0.25) is 17.5 Å². The Bertz CT molecular complexity index is 1270. The van der Waals surface area contributed by atoms with E-state index >= 15 is 0 Å². The van der Waals surface area contributed by atoms with Crippen LogP contribution in [0.25, 0.3) is 0 Å². The fourth-order valence-electron chi connectivity index (χ4n) is 5.50. The largest absolute Gasteiger partial charge is 0.444 e. The van der Waals surface area contributed by atoms with Crippen molar-refractivity contribution in [2.24, 2.45) is 11.7 Å². The molecule has 16 nitrogen and oxygen atoms in total. The molecule has 250 valence electrons. The lowest BCUT2D eigenvalue weighted by Crippen LogP contribution is -2.59. The van der Waals surface area contributed by atoms with E-state index in [9.17, 15) is 48.0 Å². The van der Waals surface area contributed by atoms with Gasteiger partial charge in [0.15, 0.2) is 0 Å². The van der Waals surface area contributed by atoms with E-state index in [1.54, 1.807) is 20.8 Å². The van der Waals surface area contributed by atoms with Gasteiger partial charge in [0.25, 0.3) is 26.7 Å². The predicted octanol–water partition coefficient (Wildman–Crippen LogP) is -1.62. The summed E-state index contributed by atoms with van der Waals surface area (Å²) in [5, 5.41) is 44.5. The second kappa shape index (κ2) is 12.2. The number of carbonyl (C=O) groups is 4. The number of likely N-dealkylation sites (tertiary alicyclic amines) is 1. The zero-order valence-electron chi connectivity index (χ0n) is 25.5. The molecule has 2 saturated carbocycles. The Labute approximate surface area is 256 Å². The highest BCUT2D eigenvalue weighted by molar-refractivity contribution is 7.91. The minimum Gasteiger partial charge on any atom is -0.444 e. The lowest BCUT2D eigenvalue weighted by atomic mass is 10.1. The van der Waals surface area contributed by atoms with Gasteiger partial charge in [-0.2, -0.15) is 0 Å². The van der Waals surface area contributed by atoms with E-state index < -0.39 is 79.4 Å². The van der Waals surface area contributed by atoms with Gasteiger partial charge in [-0.25, -0.2) is 17.9 Å². The Morgan fingerprint density at radius 3 is 2.25 bits per heavy atom. The number of nitrogens with two attached hydrogens (primary N) is 1. The fraction of sp³-hybridized carbons (Fsp3) is 0.778. The molecule has 0 aromatic heterocycles. The molecular formula is C27H45N5O11S. The Kier molecular flexibility index (Phi) is 9.86. The van der Waals surface area contributed by atoms with E-state index in [0.29, 0.717) is 19.3 Å². The molecule has 3 fully saturated rings. The Hall–Kier alpha value is -2.83. The van der Waals surface area contributed by atoms with Gasteiger partial charge in [0, 0.05) is 12.5 Å². The van der Waals surface area contributed by atoms with Crippen molar-refractivity contribution < 1.29 is 52.8 Å². The summed E-state index contributed by atoms with van der Waals surface area (Å²) in [4.78, 5) is 50.5. The third-order valence-corrected chi connectivity index (χ3v) is 10.1. The molecular weight excluding hydrogens is 602 g/mol. The number of unbranched alkanes of at least 4 members (excludes halogenated alkanes) is 3. The molecule has 2 aliphatic carbocycles. The van der Waals surface area contributed by atoms with Crippen LogP contribution in [0.5, 0.6) is 0 Å². The minimum absolute atomic E-state index is 0.0980. The molecule has 9 N–H and O–H groups in total. The SMILES string of the molecule is C=CC1CC1(NC(=O)C1CCCN1C(=O)C(CCCCCC)NC(=O)OC(C)(C)C)C(=O)NS(=O)(=O)C1(O)C(N)(O)C1(O)O. The second-order valence-electron chi connectivity index (χ2n) is 12.8. The Balaban J connectivity index is 1.76.